The molecule has 4 aromatic rings. The third-order valence-corrected chi connectivity index (χ3v) is 8.95. The molecule has 31 heavy (non-hydrogen) atoms. The van der Waals surface area contributed by atoms with Crippen LogP contribution < -0.4 is 4.72 Å². The van der Waals surface area contributed by atoms with Crippen LogP contribution in [-0.4, -0.2) is 13.6 Å². The number of benzene rings is 2. The highest BCUT2D eigenvalue weighted by atomic mass is 79.9. The van der Waals surface area contributed by atoms with Gasteiger partial charge in [-0.15, -0.1) is 11.3 Å². The molecule has 0 radical (unpaired) electrons. The lowest BCUT2D eigenvalue weighted by Crippen LogP contribution is -2.13. The predicted octanol–water partition coefficient (Wildman–Crippen LogP) is 6.48. The second kappa shape index (κ2) is 8.61. The molecule has 0 atom stereocenters. The average molecular weight is 517 g/mol. The zero-order chi connectivity index (χ0) is 22.2. The Kier molecular flexibility index (Phi) is 6.05. The first-order chi connectivity index (χ1) is 14.7. The number of nitrogens with one attached hydrogen (secondary N) is 1. The van der Waals surface area contributed by atoms with Crippen molar-refractivity contribution >= 4 is 43.2 Å². The lowest BCUT2D eigenvalue weighted by Gasteiger charge is -2.07. The molecule has 2 heterocycles. The second-order valence-corrected chi connectivity index (χ2v) is 11.2. The van der Waals surface area contributed by atoms with Crippen molar-refractivity contribution in [2.24, 2.45) is 0 Å². The van der Waals surface area contributed by atoms with Gasteiger partial charge in [0.25, 0.3) is 15.9 Å². The smallest absolute Gasteiger partial charge is 0.274 e. The summed E-state index contributed by atoms with van der Waals surface area (Å²) in [4.78, 5) is 0.898. The lowest BCUT2D eigenvalue weighted by atomic mass is 10.0. The van der Waals surface area contributed by atoms with Gasteiger partial charge in [-0.25, -0.2) is 13.1 Å². The fraction of sp³-hybridized carbons (Fsp3) is 0.174. The van der Waals surface area contributed by atoms with E-state index in [0.29, 0.717) is 16.6 Å². The highest BCUT2D eigenvalue weighted by Crippen LogP contribution is 2.37. The molecule has 0 spiro atoms. The standard InChI is InChI=1S/C23H21BrN2O3S2/c1-14-4-8-17(9-5-14)12-19-13-20(18-10-6-15(2)7-11-18)30-23(19)31(27,28)26-22-21(24)16(3)25-29-22/h4-11,13,26H,12H2,1-3H3. The van der Waals surface area contributed by atoms with Crippen molar-refractivity contribution in [1.29, 1.82) is 0 Å². The van der Waals surface area contributed by atoms with Crippen molar-refractivity contribution in [3.05, 3.63) is 87.0 Å². The van der Waals surface area contributed by atoms with E-state index in [1.54, 1.807) is 6.92 Å². The van der Waals surface area contributed by atoms with Gasteiger partial charge in [-0.3, -0.25) is 0 Å². The highest BCUT2D eigenvalue weighted by molar-refractivity contribution is 9.10. The molecule has 0 unspecified atom stereocenters. The van der Waals surface area contributed by atoms with Crippen LogP contribution in [-0.2, 0) is 16.4 Å². The van der Waals surface area contributed by atoms with Gasteiger partial charge in [0.1, 0.15) is 8.68 Å². The Morgan fingerprint density at radius 3 is 2.19 bits per heavy atom. The Balaban J connectivity index is 1.77. The van der Waals surface area contributed by atoms with Crippen LogP contribution in [0.25, 0.3) is 10.4 Å². The molecule has 2 aromatic heterocycles. The second-order valence-electron chi connectivity index (χ2n) is 7.47. The van der Waals surface area contributed by atoms with E-state index in [9.17, 15) is 8.42 Å². The van der Waals surface area contributed by atoms with Gasteiger partial charge in [-0.2, -0.15) is 0 Å². The molecule has 0 fully saturated rings. The maximum absolute atomic E-state index is 13.3. The highest BCUT2D eigenvalue weighted by Gasteiger charge is 2.26. The van der Waals surface area contributed by atoms with Crippen molar-refractivity contribution in [3.63, 3.8) is 0 Å². The summed E-state index contributed by atoms with van der Waals surface area (Å²) in [7, 11) is -3.87. The Hall–Kier alpha value is -2.42. The van der Waals surface area contributed by atoms with Crippen molar-refractivity contribution < 1.29 is 12.9 Å². The number of aromatic nitrogens is 1. The van der Waals surface area contributed by atoms with Gasteiger partial charge in [0.2, 0.25) is 0 Å². The number of hydrogen-bond donors (Lipinski definition) is 1. The minimum Gasteiger partial charge on any atom is -0.336 e. The van der Waals surface area contributed by atoms with E-state index >= 15 is 0 Å². The number of hydrogen-bond acceptors (Lipinski definition) is 5. The zero-order valence-corrected chi connectivity index (χ0v) is 20.5. The molecule has 2 aromatic carbocycles. The van der Waals surface area contributed by atoms with Gasteiger partial charge in [0.15, 0.2) is 0 Å². The maximum Gasteiger partial charge on any atom is 0.274 e. The molecule has 8 heteroatoms. The maximum atomic E-state index is 13.3. The molecule has 0 aliphatic carbocycles. The summed E-state index contributed by atoms with van der Waals surface area (Å²) in [5.41, 5.74) is 5.66. The third-order valence-electron chi connectivity index (χ3n) is 4.88. The van der Waals surface area contributed by atoms with E-state index in [1.807, 2.05) is 68.4 Å². The van der Waals surface area contributed by atoms with E-state index in [0.717, 1.165) is 32.7 Å². The SMILES string of the molecule is Cc1ccc(Cc2cc(-c3ccc(C)cc3)sc2S(=O)(=O)Nc2onc(C)c2Br)cc1. The summed E-state index contributed by atoms with van der Waals surface area (Å²) < 4.78 is 35.1. The quantitative estimate of drug-likeness (QED) is 0.318. The first-order valence-electron chi connectivity index (χ1n) is 9.63. The van der Waals surface area contributed by atoms with E-state index in [4.69, 9.17) is 4.52 Å². The predicted molar refractivity (Wildman–Crippen MR) is 128 cm³/mol. The molecular formula is C23H21BrN2O3S2. The molecule has 0 aliphatic rings. The number of rotatable bonds is 6. The van der Waals surface area contributed by atoms with E-state index < -0.39 is 10.0 Å². The van der Waals surface area contributed by atoms with E-state index in [-0.39, 0.29) is 10.1 Å². The molecule has 0 saturated carbocycles. The molecule has 0 saturated heterocycles. The number of aryl methyl sites for hydroxylation is 3. The van der Waals surface area contributed by atoms with Gasteiger partial charge in [0.05, 0.1) is 5.69 Å². The number of thiophene rings is 1. The van der Waals surface area contributed by atoms with E-state index in [2.05, 4.69) is 25.8 Å². The summed E-state index contributed by atoms with van der Waals surface area (Å²) in [5.74, 6) is 0.0732. The summed E-state index contributed by atoms with van der Waals surface area (Å²) >= 11 is 4.58. The topological polar surface area (TPSA) is 72.2 Å². The summed E-state index contributed by atoms with van der Waals surface area (Å²) in [6.07, 6.45) is 0.509. The Morgan fingerprint density at radius 2 is 1.61 bits per heavy atom. The van der Waals surface area contributed by atoms with Gasteiger partial charge in [-0.05, 0) is 65.9 Å². The van der Waals surface area contributed by atoms with Crippen LogP contribution in [0.4, 0.5) is 5.88 Å². The molecule has 1 N–H and O–H groups in total. The number of nitrogens with zero attached hydrogens (tertiary/aromatic N) is 1. The fourth-order valence-corrected chi connectivity index (χ4v) is 6.22. The minimum absolute atomic E-state index is 0.0732. The first kappa shape index (κ1) is 21.8. The van der Waals surface area contributed by atoms with Crippen LogP contribution in [0, 0.1) is 20.8 Å². The number of sulfonamides is 1. The Labute approximate surface area is 194 Å². The molecule has 160 valence electrons. The van der Waals surface area contributed by atoms with Gasteiger partial charge < -0.3 is 4.52 Å². The lowest BCUT2D eigenvalue weighted by molar-refractivity contribution is 0.430. The normalized spacial score (nSPS) is 11.6. The third kappa shape index (κ3) is 4.76. The van der Waals surface area contributed by atoms with Gasteiger partial charge in [-0.1, -0.05) is 64.8 Å². The summed E-state index contributed by atoms with van der Waals surface area (Å²) in [6, 6.07) is 18.1. The van der Waals surface area contributed by atoms with Crippen molar-refractivity contribution in [3.8, 4) is 10.4 Å². The molecule has 5 nitrogen and oxygen atoms in total. The number of halogens is 1. The minimum atomic E-state index is -3.87. The first-order valence-corrected chi connectivity index (χ1v) is 12.7. The summed E-state index contributed by atoms with van der Waals surface area (Å²) in [6.45, 7) is 5.79. The van der Waals surface area contributed by atoms with Crippen molar-refractivity contribution in [2.75, 3.05) is 4.72 Å². The van der Waals surface area contributed by atoms with Crippen LogP contribution in [0.1, 0.15) is 27.9 Å². The van der Waals surface area contributed by atoms with Gasteiger partial charge >= 0.3 is 0 Å². The summed E-state index contributed by atoms with van der Waals surface area (Å²) in [5, 5.41) is 3.81. The van der Waals surface area contributed by atoms with Crippen LogP contribution in [0.5, 0.6) is 0 Å². The van der Waals surface area contributed by atoms with Crippen molar-refractivity contribution in [1.82, 2.24) is 5.16 Å². The molecule has 4 rings (SSSR count). The van der Waals surface area contributed by atoms with Crippen LogP contribution in [0.3, 0.4) is 0 Å². The zero-order valence-electron chi connectivity index (χ0n) is 17.3. The molecular weight excluding hydrogens is 496 g/mol. The van der Waals surface area contributed by atoms with E-state index in [1.165, 1.54) is 11.3 Å². The fourth-order valence-electron chi connectivity index (χ4n) is 3.14. The Morgan fingerprint density at radius 1 is 1.00 bits per heavy atom. The monoisotopic (exact) mass is 516 g/mol. The van der Waals surface area contributed by atoms with Crippen LogP contribution in [0.15, 0.2) is 67.8 Å². The molecule has 0 amide bonds. The molecule has 0 aliphatic heterocycles. The van der Waals surface area contributed by atoms with Crippen molar-refractivity contribution in [2.45, 2.75) is 31.4 Å². The largest absolute Gasteiger partial charge is 0.336 e. The van der Waals surface area contributed by atoms with Crippen LogP contribution in [0.2, 0.25) is 0 Å². The average Bonchev–Trinajstić information content (AvgIpc) is 3.29. The number of anilines is 1. The molecule has 0 bridgehead atoms. The van der Waals surface area contributed by atoms with Gasteiger partial charge in [0, 0.05) is 4.88 Å². The van der Waals surface area contributed by atoms with Crippen LogP contribution >= 0.6 is 27.3 Å². The Bertz CT molecular complexity index is 1320.